The average Bonchev–Trinajstić information content (AvgIpc) is 2.86. The third-order valence-corrected chi connectivity index (χ3v) is 8.42. The van der Waals surface area contributed by atoms with Crippen LogP contribution in [-0.4, -0.2) is 76.1 Å². The van der Waals surface area contributed by atoms with E-state index in [9.17, 15) is 13.2 Å². The highest BCUT2D eigenvalue weighted by Gasteiger charge is 2.28. The van der Waals surface area contributed by atoms with E-state index in [2.05, 4.69) is 22.3 Å². The smallest absolute Gasteiger partial charge is 0.251 e. The van der Waals surface area contributed by atoms with Gasteiger partial charge in [0.05, 0.1) is 25.2 Å². The Morgan fingerprint density at radius 3 is 2.53 bits per heavy atom. The van der Waals surface area contributed by atoms with Crippen molar-refractivity contribution in [1.29, 1.82) is 0 Å². The monoisotopic (exact) mass is 487 g/mol. The number of hydrogen-bond acceptors (Lipinski definition) is 6. The Kier molecular flexibility index (Phi) is 7.88. The Balaban J connectivity index is 1.36. The van der Waals surface area contributed by atoms with Gasteiger partial charge in [0.1, 0.15) is 5.75 Å². The molecule has 2 aromatic carbocycles. The first-order chi connectivity index (χ1) is 16.4. The summed E-state index contributed by atoms with van der Waals surface area (Å²) in [6, 6.07) is 12.9. The van der Waals surface area contributed by atoms with Gasteiger partial charge in [-0.2, -0.15) is 4.31 Å². The lowest BCUT2D eigenvalue weighted by Crippen LogP contribution is -2.44. The highest BCUT2D eigenvalue weighted by Crippen LogP contribution is 2.22. The van der Waals surface area contributed by atoms with E-state index in [1.54, 1.807) is 19.2 Å². The van der Waals surface area contributed by atoms with Crippen LogP contribution in [0.5, 0.6) is 5.75 Å². The molecule has 0 unspecified atom stereocenters. The van der Waals surface area contributed by atoms with Gasteiger partial charge in [0.15, 0.2) is 0 Å². The standard InChI is InChI=1S/C25H33N3O5S/c1-19-6-7-23(34(30,31)28-12-14-33-15-13-28)17-24(19)25(29)26-21-8-10-27(11-9-21)18-20-4-3-5-22(16-20)32-2/h3-7,16-17,21H,8-15,18H2,1-2H3,(H,26,29). The summed E-state index contributed by atoms with van der Waals surface area (Å²) in [6.45, 7) is 5.86. The fraction of sp³-hybridized carbons (Fsp3) is 0.480. The van der Waals surface area contributed by atoms with Crippen LogP contribution in [0.3, 0.4) is 0 Å². The molecule has 4 rings (SSSR count). The summed E-state index contributed by atoms with van der Waals surface area (Å²) in [4.78, 5) is 15.6. The van der Waals surface area contributed by atoms with Gasteiger partial charge in [0.25, 0.3) is 5.91 Å². The van der Waals surface area contributed by atoms with E-state index in [0.717, 1.165) is 43.8 Å². The summed E-state index contributed by atoms with van der Waals surface area (Å²) in [5.74, 6) is 0.635. The second-order valence-electron chi connectivity index (χ2n) is 8.87. The van der Waals surface area contributed by atoms with E-state index in [1.165, 1.54) is 15.9 Å². The molecule has 0 aliphatic carbocycles. The number of sulfonamides is 1. The second kappa shape index (κ2) is 10.9. The largest absolute Gasteiger partial charge is 0.497 e. The van der Waals surface area contributed by atoms with Crippen LogP contribution in [0.4, 0.5) is 0 Å². The third kappa shape index (κ3) is 5.78. The number of carbonyl (C=O) groups is 1. The van der Waals surface area contributed by atoms with Crippen molar-refractivity contribution >= 4 is 15.9 Å². The average molecular weight is 488 g/mol. The van der Waals surface area contributed by atoms with Gasteiger partial charge in [0, 0.05) is 44.3 Å². The number of nitrogens with one attached hydrogen (secondary N) is 1. The summed E-state index contributed by atoms with van der Waals surface area (Å²) in [7, 11) is -1.98. The maximum atomic E-state index is 13.1. The summed E-state index contributed by atoms with van der Waals surface area (Å²) < 4.78 is 38.0. The normalized spacial score (nSPS) is 18.5. The molecule has 0 radical (unpaired) electrons. The maximum absolute atomic E-state index is 13.1. The van der Waals surface area contributed by atoms with E-state index in [4.69, 9.17) is 9.47 Å². The third-order valence-electron chi connectivity index (χ3n) is 6.52. The van der Waals surface area contributed by atoms with Gasteiger partial charge in [0.2, 0.25) is 10.0 Å². The maximum Gasteiger partial charge on any atom is 0.251 e. The van der Waals surface area contributed by atoms with Crippen molar-refractivity contribution in [2.75, 3.05) is 46.5 Å². The number of aryl methyl sites for hydroxylation is 1. The Labute approximate surface area is 201 Å². The van der Waals surface area contributed by atoms with Crippen molar-refractivity contribution in [3.63, 3.8) is 0 Å². The van der Waals surface area contributed by atoms with Crippen LogP contribution < -0.4 is 10.1 Å². The van der Waals surface area contributed by atoms with Gasteiger partial charge >= 0.3 is 0 Å². The van der Waals surface area contributed by atoms with Gasteiger partial charge in [-0.15, -0.1) is 0 Å². The molecule has 8 nitrogen and oxygen atoms in total. The first-order valence-electron chi connectivity index (χ1n) is 11.7. The second-order valence-corrected chi connectivity index (χ2v) is 10.8. The van der Waals surface area contributed by atoms with Crippen LogP contribution in [0.25, 0.3) is 0 Å². The number of piperidine rings is 1. The van der Waals surface area contributed by atoms with Crippen LogP contribution >= 0.6 is 0 Å². The number of hydrogen-bond donors (Lipinski definition) is 1. The summed E-state index contributed by atoms with van der Waals surface area (Å²) >= 11 is 0. The minimum atomic E-state index is -3.65. The Bertz CT molecular complexity index is 1110. The van der Waals surface area contributed by atoms with Crippen LogP contribution in [0, 0.1) is 6.92 Å². The number of amides is 1. The highest BCUT2D eigenvalue weighted by atomic mass is 32.2. The van der Waals surface area contributed by atoms with Gasteiger partial charge in [-0.25, -0.2) is 8.42 Å². The molecule has 0 spiro atoms. The van der Waals surface area contributed by atoms with Gasteiger partial charge < -0.3 is 14.8 Å². The quantitative estimate of drug-likeness (QED) is 0.645. The molecule has 2 aliphatic rings. The molecule has 2 heterocycles. The molecule has 0 atom stereocenters. The lowest BCUT2D eigenvalue weighted by atomic mass is 10.0. The van der Waals surface area contributed by atoms with Crippen LogP contribution in [-0.2, 0) is 21.3 Å². The molecule has 0 bridgehead atoms. The lowest BCUT2D eigenvalue weighted by molar-refractivity contribution is 0.0730. The molecule has 34 heavy (non-hydrogen) atoms. The van der Waals surface area contributed by atoms with Crippen LogP contribution in [0.1, 0.15) is 34.3 Å². The first-order valence-corrected chi connectivity index (χ1v) is 13.2. The molecule has 2 saturated heterocycles. The number of nitrogens with zero attached hydrogens (tertiary/aromatic N) is 2. The minimum absolute atomic E-state index is 0.0629. The van der Waals surface area contributed by atoms with E-state index >= 15 is 0 Å². The van der Waals surface area contributed by atoms with Crippen molar-refractivity contribution < 1.29 is 22.7 Å². The summed E-state index contributed by atoms with van der Waals surface area (Å²) in [6.07, 6.45) is 1.70. The number of rotatable bonds is 7. The van der Waals surface area contributed by atoms with E-state index in [1.807, 2.05) is 19.1 Å². The molecule has 2 aliphatic heterocycles. The number of likely N-dealkylation sites (tertiary alicyclic amines) is 1. The number of methoxy groups -OCH3 is 1. The fourth-order valence-electron chi connectivity index (χ4n) is 4.47. The fourth-order valence-corrected chi connectivity index (χ4v) is 5.90. The van der Waals surface area contributed by atoms with E-state index < -0.39 is 10.0 Å². The topological polar surface area (TPSA) is 88.2 Å². The van der Waals surface area contributed by atoms with E-state index in [0.29, 0.717) is 31.9 Å². The molecular formula is C25H33N3O5S. The van der Waals surface area contributed by atoms with Crippen LogP contribution in [0.2, 0.25) is 0 Å². The molecule has 184 valence electrons. The zero-order valence-electron chi connectivity index (χ0n) is 19.8. The zero-order chi connectivity index (χ0) is 24.1. The lowest BCUT2D eigenvalue weighted by Gasteiger charge is -2.32. The van der Waals surface area contributed by atoms with Gasteiger partial charge in [-0.1, -0.05) is 18.2 Å². The number of carbonyl (C=O) groups excluding carboxylic acids is 1. The van der Waals surface area contributed by atoms with Crippen LogP contribution in [0.15, 0.2) is 47.4 Å². The Hall–Kier alpha value is -2.46. The van der Waals surface area contributed by atoms with Crippen molar-refractivity contribution in [2.24, 2.45) is 0 Å². The highest BCUT2D eigenvalue weighted by molar-refractivity contribution is 7.89. The first kappa shape index (κ1) is 24.7. The zero-order valence-corrected chi connectivity index (χ0v) is 20.6. The van der Waals surface area contributed by atoms with Crippen molar-refractivity contribution in [1.82, 2.24) is 14.5 Å². The summed E-state index contributed by atoms with van der Waals surface area (Å²) in [5.41, 5.74) is 2.37. The molecule has 1 N–H and O–H groups in total. The van der Waals surface area contributed by atoms with Gasteiger partial charge in [-0.05, 0) is 55.2 Å². The molecule has 2 fully saturated rings. The van der Waals surface area contributed by atoms with Crippen molar-refractivity contribution in [3.05, 3.63) is 59.2 Å². The molecular weight excluding hydrogens is 454 g/mol. The minimum Gasteiger partial charge on any atom is -0.497 e. The van der Waals surface area contributed by atoms with Crippen molar-refractivity contribution in [2.45, 2.75) is 37.2 Å². The molecule has 0 saturated carbocycles. The predicted molar refractivity (Wildman–Crippen MR) is 130 cm³/mol. The van der Waals surface area contributed by atoms with Crippen molar-refractivity contribution in [3.8, 4) is 5.75 Å². The predicted octanol–water partition coefficient (Wildman–Crippen LogP) is 2.42. The number of ether oxygens (including phenoxy) is 2. The molecule has 1 amide bonds. The van der Waals surface area contributed by atoms with Gasteiger partial charge in [-0.3, -0.25) is 9.69 Å². The Morgan fingerprint density at radius 2 is 1.82 bits per heavy atom. The Morgan fingerprint density at radius 1 is 1.09 bits per heavy atom. The molecule has 0 aromatic heterocycles. The SMILES string of the molecule is COc1cccc(CN2CCC(NC(=O)c3cc(S(=O)(=O)N4CCOCC4)ccc3C)CC2)c1. The number of benzene rings is 2. The molecule has 2 aromatic rings. The van der Waals surface area contributed by atoms with E-state index in [-0.39, 0.29) is 16.8 Å². The molecule has 9 heteroatoms. The number of morpholine rings is 1. The summed E-state index contributed by atoms with van der Waals surface area (Å²) in [5, 5.41) is 3.12.